The van der Waals surface area contributed by atoms with Crippen LogP contribution in [0.5, 0.6) is 0 Å². The second kappa shape index (κ2) is 6.33. The van der Waals surface area contributed by atoms with Gasteiger partial charge in [-0.25, -0.2) is 0 Å². The average Bonchev–Trinajstić information content (AvgIpc) is 2.39. The van der Waals surface area contributed by atoms with Crippen LogP contribution < -0.4 is 0 Å². The molecule has 0 radical (unpaired) electrons. The number of benzene rings is 2. The Bertz CT molecular complexity index is 663. The van der Waals surface area contributed by atoms with Crippen molar-refractivity contribution < 1.29 is 9.00 Å². The lowest BCUT2D eigenvalue weighted by atomic mass is 10.0. The van der Waals surface area contributed by atoms with Crippen LogP contribution in [0.3, 0.4) is 0 Å². The Balaban J connectivity index is 2.15. The van der Waals surface area contributed by atoms with Gasteiger partial charge in [-0.15, -0.1) is 0 Å². The topological polar surface area (TPSA) is 34.1 Å². The van der Waals surface area contributed by atoms with Gasteiger partial charge in [0.1, 0.15) is 0 Å². The maximum absolute atomic E-state index is 12.2. The highest BCUT2D eigenvalue weighted by atomic mass is 35.5. The van der Waals surface area contributed by atoms with Crippen molar-refractivity contribution in [3.05, 3.63) is 64.2 Å². The molecule has 104 valence electrons. The Hall–Kier alpha value is -1.45. The third-order valence-electron chi connectivity index (χ3n) is 3.02. The molecule has 2 rings (SSSR count). The third-order valence-corrected chi connectivity index (χ3v) is 4.60. The number of hydrogen-bond acceptors (Lipinski definition) is 2. The van der Waals surface area contributed by atoms with Crippen LogP contribution >= 0.6 is 11.6 Å². The molecule has 0 aromatic heterocycles. The number of aryl methyl sites for hydroxylation is 2. The number of Topliss-reactive ketones (excluding diaryl/α,β-unsaturated/α-hetero) is 1. The molecule has 0 heterocycles. The molecule has 0 saturated carbocycles. The van der Waals surface area contributed by atoms with Gasteiger partial charge in [0.2, 0.25) is 0 Å². The summed E-state index contributed by atoms with van der Waals surface area (Å²) in [6, 6.07) is 12.4. The Morgan fingerprint density at radius 3 is 2.35 bits per heavy atom. The van der Waals surface area contributed by atoms with Crippen LogP contribution in [-0.2, 0) is 10.8 Å². The van der Waals surface area contributed by atoms with Crippen LogP contribution in [-0.4, -0.2) is 15.7 Å². The highest BCUT2D eigenvalue weighted by Crippen LogP contribution is 2.16. The van der Waals surface area contributed by atoms with Crippen molar-refractivity contribution in [2.75, 3.05) is 5.75 Å². The summed E-state index contributed by atoms with van der Waals surface area (Å²) < 4.78 is 12.2. The van der Waals surface area contributed by atoms with Crippen molar-refractivity contribution >= 4 is 28.2 Å². The van der Waals surface area contributed by atoms with Gasteiger partial charge in [-0.1, -0.05) is 35.4 Å². The number of rotatable bonds is 4. The minimum absolute atomic E-state index is 0.00840. The lowest BCUT2D eigenvalue weighted by Gasteiger charge is -2.06. The number of halogens is 1. The molecular weight excluding hydrogens is 292 g/mol. The lowest BCUT2D eigenvalue weighted by Crippen LogP contribution is -2.12. The van der Waals surface area contributed by atoms with Crippen molar-refractivity contribution in [3.8, 4) is 0 Å². The van der Waals surface area contributed by atoms with E-state index in [0.29, 0.717) is 15.5 Å². The van der Waals surface area contributed by atoms with Gasteiger partial charge in [-0.3, -0.25) is 9.00 Å². The third kappa shape index (κ3) is 3.56. The molecule has 0 aliphatic rings. The predicted octanol–water partition coefficient (Wildman–Crippen LogP) is 3.95. The molecule has 0 bridgehead atoms. The summed E-state index contributed by atoms with van der Waals surface area (Å²) in [5, 5.41) is 0.589. The van der Waals surface area contributed by atoms with Crippen LogP contribution in [0.1, 0.15) is 21.5 Å². The minimum atomic E-state index is -1.34. The van der Waals surface area contributed by atoms with Crippen molar-refractivity contribution in [1.29, 1.82) is 0 Å². The number of ketones is 1. The van der Waals surface area contributed by atoms with Gasteiger partial charge in [-0.05, 0) is 43.7 Å². The van der Waals surface area contributed by atoms with Gasteiger partial charge in [0.15, 0.2) is 5.78 Å². The zero-order chi connectivity index (χ0) is 14.7. The maximum Gasteiger partial charge on any atom is 0.175 e. The monoisotopic (exact) mass is 306 g/mol. The molecule has 0 fully saturated rings. The maximum atomic E-state index is 12.2. The molecule has 4 heteroatoms. The van der Waals surface area contributed by atoms with Crippen molar-refractivity contribution in [1.82, 2.24) is 0 Å². The van der Waals surface area contributed by atoms with Gasteiger partial charge >= 0.3 is 0 Å². The zero-order valence-electron chi connectivity index (χ0n) is 11.4. The molecule has 2 aromatic carbocycles. The number of hydrogen-bond donors (Lipinski definition) is 0. The molecule has 20 heavy (non-hydrogen) atoms. The van der Waals surface area contributed by atoms with Crippen molar-refractivity contribution in [2.45, 2.75) is 18.7 Å². The molecular formula is C16H15ClO2S. The molecule has 0 aliphatic heterocycles. The SMILES string of the molecule is Cc1ccc(C(=O)CS(=O)c2ccc(Cl)cc2)c(C)c1. The first-order valence-corrected chi connectivity index (χ1v) is 7.91. The van der Waals surface area contributed by atoms with Crippen LogP contribution in [0.2, 0.25) is 5.02 Å². The van der Waals surface area contributed by atoms with Crippen LogP contribution in [0.4, 0.5) is 0 Å². The molecule has 2 aromatic rings. The summed E-state index contributed by atoms with van der Waals surface area (Å²) in [6.45, 7) is 3.87. The molecule has 1 atom stereocenters. The second-order valence-electron chi connectivity index (χ2n) is 4.69. The zero-order valence-corrected chi connectivity index (χ0v) is 12.9. The van der Waals surface area contributed by atoms with Gasteiger partial charge in [-0.2, -0.15) is 0 Å². The summed E-state index contributed by atoms with van der Waals surface area (Å²) in [5.41, 5.74) is 2.67. The van der Waals surface area contributed by atoms with E-state index in [4.69, 9.17) is 11.6 Å². The normalized spacial score (nSPS) is 12.2. The average molecular weight is 307 g/mol. The van der Waals surface area contributed by atoms with E-state index in [1.54, 1.807) is 30.3 Å². The predicted molar refractivity (Wildman–Crippen MR) is 83.0 cm³/mol. The molecule has 0 spiro atoms. The molecule has 0 aliphatic carbocycles. The first-order valence-electron chi connectivity index (χ1n) is 6.22. The van der Waals surface area contributed by atoms with Gasteiger partial charge in [0, 0.05) is 15.5 Å². The molecule has 0 N–H and O–H groups in total. The van der Waals surface area contributed by atoms with E-state index in [1.807, 2.05) is 26.0 Å². The highest BCUT2D eigenvalue weighted by Gasteiger charge is 2.14. The Kier molecular flexibility index (Phi) is 4.73. The summed E-state index contributed by atoms with van der Waals surface area (Å²) in [4.78, 5) is 12.8. The van der Waals surface area contributed by atoms with Crippen LogP contribution in [0.15, 0.2) is 47.4 Å². The quantitative estimate of drug-likeness (QED) is 0.802. The van der Waals surface area contributed by atoms with Crippen LogP contribution in [0.25, 0.3) is 0 Å². The van der Waals surface area contributed by atoms with E-state index in [2.05, 4.69) is 0 Å². The number of carbonyl (C=O) groups excluding carboxylic acids is 1. The first-order chi connectivity index (χ1) is 9.47. The minimum Gasteiger partial charge on any atom is -0.293 e. The van der Waals surface area contributed by atoms with E-state index in [9.17, 15) is 9.00 Å². The smallest absolute Gasteiger partial charge is 0.175 e. The Labute approximate surface area is 126 Å². The molecule has 2 nitrogen and oxygen atoms in total. The van der Waals surface area contributed by atoms with Gasteiger partial charge in [0.25, 0.3) is 0 Å². The van der Waals surface area contributed by atoms with Crippen LogP contribution in [0, 0.1) is 13.8 Å². The Morgan fingerprint density at radius 2 is 1.75 bits per heavy atom. The standard InChI is InChI=1S/C16H15ClO2S/c1-11-3-8-15(12(2)9-11)16(18)10-20(19)14-6-4-13(17)5-7-14/h3-9H,10H2,1-2H3. The lowest BCUT2D eigenvalue weighted by molar-refractivity contribution is 0.102. The summed E-state index contributed by atoms with van der Waals surface area (Å²) >= 11 is 5.79. The summed E-state index contributed by atoms with van der Waals surface area (Å²) in [6.07, 6.45) is 0. The Morgan fingerprint density at radius 1 is 1.10 bits per heavy atom. The van der Waals surface area contributed by atoms with Crippen molar-refractivity contribution in [2.24, 2.45) is 0 Å². The number of carbonyl (C=O) groups is 1. The fraction of sp³-hybridized carbons (Fsp3) is 0.188. The van der Waals surface area contributed by atoms with E-state index in [-0.39, 0.29) is 11.5 Å². The largest absolute Gasteiger partial charge is 0.293 e. The summed E-state index contributed by atoms with van der Waals surface area (Å²) in [7, 11) is -1.34. The van der Waals surface area contributed by atoms with Crippen molar-refractivity contribution in [3.63, 3.8) is 0 Å². The molecule has 0 saturated heterocycles. The van der Waals surface area contributed by atoms with E-state index >= 15 is 0 Å². The summed E-state index contributed by atoms with van der Waals surface area (Å²) in [5.74, 6) is -0.110. The van der Waals surface area contributed by atoms with E-state index in [0.717, 1.165) is 11.1 Å². The second-order valence-corrected chi connectivity index (χ2v) is 6.57. The van der Waals surface area contributed by atoms with E-state index < -0.39 is 10.8 Å². The van der Waals surface area contributed by atoms with Gasteiger partial charge in [0.05, 0.1) is 16.6 Å². The fourth-order valence-corrected chi connectivity index (χ4v) is 3.12. The highest BCUT2D eigenvalue weighted by molar-refractivity contribution is 7.85. The first kappa shape index (κ1) is 14.9. The molecule has 1 unspecified atom stereocenters. The van der Waals surface area contributed by atoms with Gasteiger partial charge < -0.3 is 0 Å². The van der Waals surface area contributed by atoms with E-state index in [1.165, 1.54) is 0 Å². The molecule has 0 amide bonds. The fourth-order valence-electron chi connectivity index (χ4n) is 1.99.